The minimum atomic E-state index is -1.34. The molecule has 0 aliphatic carbocycles. The van der Waals surface area contributed by atoms with Gasteiger partial charge in [0, 0.05) is 7.11 Å². The zero-order chi connectivity index (χ0) is 10.4. The summed E-state index contributed by atoms with van der Waals surface area (Å²) in [6, 6.07) is 0. The minimum Gasteiger partial charge on any atom is -0.464 e. The van der Waals surface area contributed by atoms with Gasteiger partial charge >= 0.3 is 5.97 Å². The second-order valence-electron chi connectivity index (χ2n) is 2.05. The van der Waals surface area contributed by atoms with Gasteiger partial charge in [0.1, 0.15) is 4.62 Å². The van der Waals surface area contributed by atoms with E-state index in [0.29, 0.717) is 0 Å². The summed E-state index contributed by atoms with van der Waals surface area (Å²) in [4.78, 5) is 22.1. The van der Waals surface area contributed by atoms with Crippen molar-refractivity contribution in [3.63, 3.8) is 0 Å². The molecular weight excluding hydrogens is 242 g/mol. The zero-order valence-electron chi connectivity index (χ0n) is 7.30. The Morgan fingerprint density at radius 3 is 2.38 bits per heavy atom. The summed E-state index contributed by atoms with van der Waals surface area (Å²) in [6.07, 6.45) is -1.34. The lowest BCUT2D eigenvalue weighted by Gasteiger charge is -2.10. The van der Waals surface area contributed by atoms with Gasteiger partial charge in [0.15, 0.2) is 0 Å². The fourth-order valence-electron chi connectivity index (χ4n) is 0.643. The van der Waals surface area contributed by atoms with Crippen molar-refractivity contribution in [3.05, 3.63) is 0 Å². The van der Waals surface area contributed by atoms with Gasteiger partial charge in [-0.1, -0.05) is 0 Å². The van der Waals surface area contributed by atoms with Gasteiger partial charge in [-0.25, -0.2) is 4.79 Å². The van der Waals surface area contributed by atoms with Crippen molar-refractivity contribution in [3.8, 4) is 0 Å². The lowest BCUT2D eigenvalue weighted by Crippen LogP contribution is -2.36. The van der Waals surface area contributed by atoms with Crippen LogP contribution in [-0.2, 0) is 19.1 Å². The molecule has 0 rings (SSSR count). The van der Waals surface area contributed by atoms with E-state index in [1.165, 1.54) is 7.11 Å². The van der Waals surface area contributed by atoms with Gasteiger partial charge in [0.05, 0.1) is 6.61 Å². The highest BCUT2D eigenvalue weighted by Crippen LogP contribution is 2.01. The standard InChI is InChI=1S/C7H10BrNO4/c1-3-13-7(11)5(12-2)4(10)6(8)9/h5,9H,3H2,1-2H3. The quantitative estimate of drug-likeness (QED) is 0.439. The van der Waals surface area contributed by atoms with Gasteiger partial charge in [0.25, 0.3) is 0 Å². The van der Waals surface area contributed by atoms with Crippen molar-refractivity contribution in [2.45, 2.75) is 13.0 Å². The maximum absolute atomic E-state index is 11.1. The highest BCUT2D eigenvalue weighted by molar-refractivity contribution is 9.19. The monoisotopic (exact) mass is 251 g/mol. The molecule has 0 fully saturated rings. The van der Waals surface area contributed by atoms with E-state index in [9.17, 15) is 9.59 Å². The molecule has 0 aromatic rings. The van der Waals surface area contributed by atoms with Gasteiger partial charge in [-0.15, -0.1) is 0 Å². The molecule has 0 amide bonds. The average Bonchev–Trinajstić information content (AvgIpc) is 2.05. The Morgan fingerprint density at radius 2 is 2.08 bits per heavy atom. The Morgan fingerprint density at radius 1 is 1.54 bits per heavy atom. The van der Waals surface area contributed by atoms with E-state index in [-0.39, 0.29) is 6.61 Å². The number of hydrogen-bond acceptors (Lipinski definition) is 5. The number of ketones is 1. The first-order valence-electron chi connectivity index (χ1n) is 3.52. The van der Waals surface area contributed by atoms with E-state index in [1.54, 1.807) is 6.92 Å². The van der Waals surface area contributed by atoms with Crippen LogP contribution in [0.25, 0.3) is 0 Å². The van der Waals surface area contributed by atoms with Crippen molar-refractivity contribution < 1.29 is 19.1 Å². The van der Waals surface area contributed by atoms with E-state index >= 15 is 0 Å². The van der Waals surface area contributed by atoms with E-state index < -0.39 is 22.5 Å². The van der Waals surface area contributed by atoms with Crippen LogP contribution in [0.5, 0.6) is 0 Å². The molecule has 6 heteroatoms. The van der Waals surface area contributed by atoms with E-state index in [2.05, 4.69) is 25.4 Å². The summed E-state index contributed by atoms with van der Waals surface area (Å²) in [7, 11) is 1.20. The Bertz CT molecular complexity index is 229. The number of carbonyl (C=O) groups is 2. The topological polar surface area (TPSA) is 76.5 Å². The summed E-state index contributed by atoms with van der Waals surface area (Å²) < 4.78 is 8.75. The first-order valence-corrected chi connectivity index (χ1v) is 4.31. The number of carbonyl (C=O) groups excluding carboxylic acids is 2. The number of hydrogen-bond donors (Lipinski definition) is 1. The molecule has 0 saturated heterocycles. The van der Waals surface area contributed by atoms with Crippen LogP contribution in [0.2, 0.25) is 0 Å². The third-order valence-electron chi connectivity index (χ3n) is 1.19. The van der Waals surface area contributed by atoms with Gasteiger partial charge in [0.2, 0.25) is 11.9 Å². The van der Waals surface area contributed by atoms with Crippen molar-refractivity contribution in [2.24, 2.45) is 0 Å². The van der Waals surface area contributed by atoms with Crippen LogP contribution in [0.1, 0.15) is 6.92 Å². The SMILES string of the molecule is CCOC(=O)C(OC)C(=O)C(=N)Br. The number of Topliss-reactive ketones (excluding diaryl/α,β-unsaturated/α-hetero) is 1. The number of halogens is 1. The largest absolute Gasteiger partial charge is 0.464 e. The maximum atomic E-state index is 11.1. The summed E-state index contributed by atoms with van der Waals surface area (Å²) in [6.45, 7) is 1.79. The molecule has 0 aromatic heterocycles. The Hall–Kier alpha value is -0.750. The van der Waals surface area contributed by atoms with Gasteiger partial charge in [-0.2, -0.15) is 0 Å². The third-order valence-corrected chi connectivity index (χ3v) is 1.58. The summed E-state index contributed by atoms with van der Waals surface area (Å²) in [5.74, 6) is -1.53. The molecule has 0 aliphatic heterocycles. The molecular formula is C7H10BrNO4. The van der Waals surface area contributed by atoms with Crippen molar-refractivity contribution in [1.82, 2.24) is 0 Å². The fraction of sp³-hybridized carbons (Fsp3) is 0.571. The smallest absolute Gasteiger partial charge is 0.343 e. The molecule has 5 nitrogen and oxygen atoms in total. The zero-order valence-corrected chi connectivity index (χ0v) is 8.88. The second kappa shape index (κ2) is 5.82. The van der Waals surface area contributed by atoms with Crippen LogP contribution >= 0.6 is 15.9 Å². The minimum absolute atomic E-state index is 0.168. The number of rotatable bonds is 5. The number of nitrogens with one attached hydrogen (secondary N) is 1. The van der Waals surface area contributed by atoms with Crippen LogP contribution in [0.4, 0.5) is 0 Å². The second-order valence-corrected chi connectivity index (χ2v) is 2.84. The van der Waals surface area contributed by atoms with Gasteiger partial charge in [-0.3, -0.25) is 10.2 Å². The lowest BCUT2D eigenvalue weighted by atomic mass is 10.2. The van der Waals surface area contributed by atoms with Crippen LogP contribution in [0.15, 0.2) is 0 Å². The predicted molar refractivity (Wildman–Crippen MR) is 49.1 cm³/mol. The molecule has 0 aromatic carbocycles. The molecule has 0 heterocycles. The summed E-state index contributed by atoms with van der Waals surface area (Å²) >= 11 is 2.65. The molecule has 1 atom stereocenters. The summed E-state index contributed by atoms with van der Waals surface area (Å²) in [5, 5.41) is 6.94. The number of methoxy groups -OCH3 is 1. The molecule has 13 heavy (non-hydrogen) atoms. The Balaban J connectivity index is 4.41. The molecule has 1 unspecified atom stereocenters. The number of ether oxygens (including phenoxy) is 2. The molecule has 0 saturated carbocycles. The highest BCUT2D eigenvalue weighted by atomic mass is 79.9. The van der Waals surface area contributed by atoms with Crippen molar-refractivity contribution in [1.29, 1.82) is 5.41 Å². The van der Waals surface area contributed by atoms with Crippen LogP contribution < -0.4 is 0 Å². The maximum Gasteiger partial charge on any atom is 0.343 e. The lowest BCUT2D eigenvalue weighted by molar-refractivity contribution is -0.157. The Kier molecular flexibility index (Phi) is 5.48. The Labute approximate surface area is 84.0 Å². The van der Waals surface area contributed by atoms with Crippen LogP contribution in [0.3, 0.4) is 0 Å². The van der Waals surface area contributed by atoms with E-state index in [1.807, 2.05) is 0 Å². The normalized spacial score (nSPS) is 11.9. The van der Waals surface area contributed by atoms with Gasteiger partial charge in [-0.05, 0) is 22.9 Å². The molecule has 0 aliphatic rings. The molecule has 74 valence electrons. The van der Waals surface area contributed by atoms with Crippen molar-refractivity contribution in [2.75, 3.05) is 13.7 Å². The third kappa shape index (κ3) is 3.65. The number of esters is 1. The highest BCUT2D eigenvalue weighted by Gasteiger charge is 2.29. The average molecular weight is 252 g/mol. The van der Waals surface area contributed by atoms with Gasteiger partial charge < -0.3 is 9.47 Å². The molecule has 0 radical (unpaired) electrons. The molecule has 0 spiro atoms. The van der Waals surface area contributed by atoms with Crippen LogP contribution in [0, 0.1) is 5.41 Å². The van der Waals surface area contributed by atoms with Crippen LogP contribution in [-0.4, -0.2) is 36.2 Å². The van der Waals surface area contributed by atoms with E-state index in [0.717, 1.165) is 0 Å². The van der Waals surface area contributed by atoms with E-state index in [4.69, 9.17) is 5.41 Å². The van der Waals surface area contributed by atoms with Crippen molar-refractivity contribution >= 4 is 32.3 Å². The first-order chi connectivity index (χ1) is 6.04. The summed E-state index contributed by atoms with van der Waals surface area (Å²) in [5.41, 5.74) is 0. The molecule has 0 bridgehead atoms. The molecule has 1 N–H and O–H groups in total. The fourth-order valence-corrected chi connectivity index (χ4v) is 0.851. The predicted octanol–water partition coefficient (Wildman–Crippen LogP) is 0.506. The first kappa shape index (κ1) is 12.2.